The van der Waals surface area contributed by atoms with Gasteiger partial charge in [0.2, 0.25) is 0 Å². The normalized spacial score (nSPS) is 17.9. The number of rotatable bonds is 4. The van der Waals surface area contributed by atoms with E-state index in [2.05, 4.69) is 20.4 Å². The molecule has 0 saturated carbocycles. The molecule has 3 rings (SSSR count). The van der Waals surface area contributed by atoms with E-state index in [-0.39, 0.29) is 18.6 Å². The van der Waals surface area contributed by atoms with Crippen molar-refractivity contribution < 1.29 is 14.1 Å². The number of aromatic nitrogens is 3. The first-order valence-corrected chi connectivity index (χ1v) is 6.93. The smallest absolute Gasteiger partial charge is 0.255 e. The van der Waals surface area contributed by atoms with E-state index in [0.717, 1.165) is 12.8 Å². The summed E-state index contributed by atoms with van der Waals surface area (Å²) in [5.74, 6) is 0.545. The first kappa shape index (κ1) is 14.0. The van der Waals surface area contributed by atoms with Gasteiger partial charge >= 0.3 is 0 Å². The summed E-state index contributed by atoms with van der Waals surface area (Å²) in [6, 6.07) is 1.55. The number of amides is 1. The summed E-state index contributed by atoms with van der Waals surface area (Å²) in [6.45, 7) is 0.868. The lowest BCUT2D eigenvalue weighted by atomic mass is 10.2. The lowest BCUT2D eigenvalue weighted by Gasteiger charge is -2.03. The Labute approximate surface area is 125 Å². The zero-order valence-corrected chi connectivity index (χ0v) is 11.8. The van der Waals surface area contributed by atoms with Crippen molar-refractivity contribution in [3.05, 3.63) is 40.8 Å². The van der Waals surface area contributed by atoms with Gasteiger partial charge in [-0.2, -0.15) is 4.98 Å². The highest BCUT2D eigenvalue weighted by atomic mass is 35.5. The van der Waals surface area contributed by atoms with E-state index in [4.69, 9.17) is 20.9 Å². The molecule has 2 aromatic rings. The van der Waals surface area contributed by atoms with Crippen LogP contribution in [-0.4, -0.2) is 27.6 Å². The van der Waals surface area contributed by atoms with Gasteiger partial charge in [0.15, 0.2) is 5.82 Å². The van der Waals surface area contributed by atoms with Gasteiger partial charge in [-0.15, -0.1) is 0 Å². The molecule has 1 fully saturated rings. The Morgan fingerprint density at radius 2 is 2.43 bits per heavy atom. The third-order valence-electron chi connectivity index (χ3n) is 3.11. The predicted molar refractivity (Wildman–Crippen MR) is 72.6 cm³/mol. The van der Waals surface area contributed by atoms with E-state index in [9.17, 15) is 4.79 Å². The number of nitrogens with one attached hydrogen (secondary N) is 1. The molecular weight excluding hydrogens is 296 g/mol. The minimum atomic E-state index is -0.314. The fraction of sp³-hybridized carbons (Fsp3) is 0.385. The van der Waals surface area contributed by atoms with Crippen LogP contribution in [0.25, 0.3) is 0 Å². The highest BCUT2D eigenvalue weighted by Gasteiger charge is 2.23. The molecule has 0 unspecified atom stereocenters. The monoisotopic (exact) mass is 308 g/mol. The minimum absolute atomic E-state index is 0.128. The van der Waals surface area contributed by atoms with Crippen molar-refractivity contribution in [1.29, 1.82) is 0 Å². The Bertz CT molecular complexity index is 640. The highest BCUT2D eigenvalue weighted by Crippen LogP contribution is 2.26. The molecule has 1 amide bonds. The molecule has 3 heterocycles. The van der Waals surface area contributed by atoms with Crippen LogP contribution < -0.4 is 5.32 Å². The quantitative estimate of drug-likeness (QED) is 0.927. The Morgan fingerprint density at radius 3 is 3.19 bits per heavy atom. The summed E-state index contributed by atoms with van der Waals surface area (Å²) < 4.78 is 10.6. The van der Waals surface area contributed by atoms with Crippen LogP contribution in [0.2, 0.25) is 5.02 Å². The topological polar surface area (TPSA) is 90.1 Å². The molecule has 2 aromatic heterocycles. The molecule has 110 valence electrons. The second kappa shape index (κ2) is 6.19. The summed E-state index contributed by atoms with van der Waals surface area (Å²) in [4.78, 5) is 20.0. The van der Waals surface area contributed by atoms with Gasteiger partial charge in [-0.25, -0.2) is 0 Å². The summed E-state index contributed by atoms with van der Waals surface area (Å²) >= 11 is 5.90. The molecule has 1 N–H and O–H groups in total. The van der Waals surface area contributed by atoms with Gasteiger partial charge in [0.05, 0.1) is 17.1 Å². The molecule has 0 aromatic carbocycles. The Hall–Kier alpha value is -1.99. The molecule has 1 aliphatic rings. The van der Waals surface area contributed by atoms with Gasteiger partial charge in [-0.05, 0) is 18.9 Å². The lowest BCUT2D eigenvalue weighted by Crippen LogP contribution is -2.23. The summed E-state index contributed by atoms with van der Waals surface area (Å²) in [6.07, 6.45) is 4.65. The largest absolute Gasteiger partial charge is 0.368 e. The molecule has 1 atom stereocenters. The molecule has 0 aliphatic carbocycles. The van der Waals surface area contributed by atoms with Crippen LogP contribution in [0.4, 0.5) is 0 Å². The van der Waals surface area contributed by atoms with Crippen LogP contribution in [0.15, 0.2) is 23.0 Å². The van der Waals surface area contributed by atoms with Gasteiger partial charge in [-0.1, -0.05) is 16.8 Å². The molecule has 8 heteroatoms. The van der Waals surface area contributed by atoms with Gasteiger partial charge in [-0.3, -0.25) is 9.78 Å². The van der Waals surface area contributed by atoms with E-state index in [1.165, 1.54) is 12.4 Å². The van der Waals surface area contributed by atoms with E-state index in [0.29, 0.717) is 28.9 Å². The standard InChI is InChI=1S/C13H13ClN4O3/c14-9-6-15-4-3-8(9)12(19)16-7-11-17-13(21-18-11)10-2-1-5-20-10/h3-4,6,10H,1-2,5,7H2,(H,16,19)/t10-/m1/s1. The van der Waals surface area contributed by atoms with Crippen LogP contribution in [0, 0.1) is 0 Å². The number of hydrogen-bond acceptors (Lipinski definition) is 6. The van der Waals surface area contributed by atoms with Crippen molar-refractivity contribution in [2.75, 3.05) is 6.61 Å². The SMILES string of the molecule is O=C(NCc1noc([C@H]2CCCO2)n1)c1ccncc1Cl. The minimum Gasteiger partial charge on any atom is -0.368 e. The van der Waals surface area contributed by atoms with E-state index >= 15 is 0 Å². The van der Waals surface area contributed by atoms with E-state index in [1.807, 2.05) is 0 Å². The average Bonchev–Trinajstić information content (AvgIpc) is 3.16. The average molecular weight is 309 g/mol. The number of nitrogens with zero attached hydrogens (tertiary/aromatic N) is 3. The number of hydrogen-bond donors (Lipinski definition) is 1. The lowest BCUT2D eigenvalue weighted by molar-refractivity contribution is 0.0835. The Balaban J connectivity index is 1.60. The van der Waals surface area contributed by atoms with E-state index < -0.39 is 0 Å². The number of halogens is 1. The molecule has 0 radical (unpaired) electrons. The maximum Gasteiger partial charge on any atom is 0.255 e. The van der Waals surface area contributed by atoms with Crippen molar-refractivity contribution in [1.82, 2.24) is 20.4 Å². The number of carbonyl (C=O) groups excluding carboxylic acids is 1. The Kier molecular flexibility index (Phi) is 4.12. The van der Waals surface area contributed by atoms with Crippen LogP contribution in [-0.2, 0) is 11.3 Å². The Morgan fingerprint density at radius 1 is 1.52 bits per heavy atom. The predicted octanol–water partition coefficient (Wildman–Crippen LogP) is 1.90. The van der Waals surface area contributed by atoms with Crippen molar-refractivity contribution >= 4 is 17.5 Å². The molecule has 1 aliphatic heterocycles. The molecule has 0 spiro atoms. The van der Waals surface area contributed by atoms with Gasteiger partial charge in [0.1, 0.15) is 6.10 Å². The molecule has 0 bridgehead atoms. The fourth-order valence-corrected chi connectivity index (χ4v) is 2.26. The zero-order chi connectivity index (χ0) is 14.7. The molecular formula is C13H13ClN4O3. The highest BCUT2D eigenvalue weighted by molar-refractivity contribution is 6.33. The second-order valence-corrected chi connectivity index (χ2v) is 5.00. The van der Waals surface area contributed by atoms with Gasteiger partial charge < -0.3 is 14.6 Å². The van der Waals surface area contributed by atoms with Crippen molar-refractivity contribution in [3.8, 4) is 0 Å². The van der Waals surface area contributed by atoms with Crippen LogP contribution in [0.3, 0.4) is 0 Å². The number of ether oxygens (including phenoxy) is 1. The van der Waals surface area contributed by atoms with E-state index in [1.54, 1.807) is 6.07 Å². The van der Waals surface area contributed by atoms with Crippen LogP contribution >= 0.6 is 11.6 Å². The third-order valence-corrected chi connectivity index (χ3v) is 3.41. The molecule has 7 nitrogen and oxygen atoms in total. The maximum atomic E-state index is 12.0. The van der Waals surface area contributed by atoms with Crippen LogP contribution in [0.5, 0.6) is 0 Å². The maximum absolute atomic E-state index is 12.0. The van der Waals surface area contributed by atoms with Crippen molar-refractivity contribution in [3.63, 3.8) is 0 Å². The van der Waals surface area contributed by atoms with Crippen molar-refractivity contribution in [2.24, 2.45) is 0 Å². The first-order chi connectivity index (χ1) is 10.2. The third kappa shape index (κ3) is 3.20. The summed E-state index contributed by atoms with van der Waals surface area (Å²) in [5.41, 5.74) is 0.356. The zero-order valence-electron chi connectivity index (χ0n) is 11.1. The summed E-state index contributed by atoms with van der Waals surface area (Å²) in [5, 5.41) is 6.80. The second-order valence-electron chi connectivity index (χ2n) is 4.59. The number of pyridine rings is 1. The van der Waals surface area contributed by atoms with Gasteiger partial charge in [0.25, 0.3) is 11.8 Å². The summed E-state index contributed by atoms with van der Waals surface area (Å²) in [7, 11) is 0. The number of carbonyl (C=O) groups is 1. The molecule has 21 heavy (non-hydrogen) atoms. The van der Waals surface area contributed by atoms with Crippen LogP contribution in [0.1, 0.15) is 41.0 Å². The fourth-order valence-electron chi connectivity index (χ4n) is 2.06. The molecule has 1 saturated heterocycles. The van der Waals surface area contributed by atoms with Crippen molar-refractivity contribution in [2.45, 2.75) is 25.5 Å². The van der Waals surface area contributed by atoms with Gasteiger partial charge in [0, 0.05) is 19.0 Å². The first-order valence-electron chi connectivity index (χ1n) is 6.56.